The number of rotatable bonds is 1. The monoisotopic (exact) mass is 197 g/mol. The highest BCUT2D eigenvalue weighted by atomic mass is 35.5. The number of fused-ring (bicyclic) bond motifs is 1. The van der Waals surface area contributed by atoms with E-state index in [2.05, 4.69) is 4.98 Å². The molecule has 2 aromatic heterocycles. The van der Waals surface area contributed by atoms with Gasteiger partial charge in [0.2, 0.25) is 0 Å². The average molecular weight is 198 g/mol. The van der Waals surface area contributed by atoms with Crippen molar-refractivity contribution in [2.24, 2.45) is 0 Å². The van der Waals surface area contributed by atoms with Gasteiger partial charge in [0, 0.05) is 11.6 Å². The molecule has 0 bridgehead atoms. The molecule has 0 amide bonds. The van der Waals surface area contributed by atoms with E-state index in [0.29, 0.717) is 9.90 Å². The number of thiophene rings is 1. The molecule has 0 radical (unpaired) electrons. The Bertz CT molecular complexity index is 438. The molecule has 0 aliphatic carbocycles. The van der Waals surface area contributed by atoms with E-state index in [4.69, 9.17) is 11.6 Å². The lowest BCUT2D eigenvalue weighted by Crippen LogP contribution is -1.69. The maximum atomic E-state index is 10.4. The van der Waals surface area contributed by atoms with Crippen LogP contribution in [0.3, 0.4) is 0 Å². The van der Waals surface area contributed by atoms with Crippen molar-refractivity contribution in [3.63, 3.8) is 0 Å². The first-order valence-corrected chi connectivity index (χ1v) is 4.50. The van der Waals surface area contributed by atoms with Crippen molar-refractivity contribution >= 4 is 39.4 Å². The minimum atomic E-state index is 0.643. The van der Waals surface area contributed by atoms with Gasteiger partial charge in [0.1, 0.15) is 4.83 Å². The molecular weight excluding hydrogens is 194 g/mol. The third-order valence-corrected chi connectivity index (χ3v) is 2.82. The molecule has 12 heavy (non-hydrogen) atoms. The Morgan fingerprint density at radius 2 is 2.42 bits per heavy atom. The quantitative estimate of drug-likeness (QED) is 0.658. The first kappa shape index (κ1) is 7.71. The zero-order valence-corrected chi connectivity index (χ0v) is 7.52. The number of carbonyl (C=O) groups is 1. The Labute approximate surface area is 77.8 Å². The molecule has 0 N–H and O–H groups in total. The topological polar surface area (TPSA) is 30.0 Å². The highest BCUT2D eigenvalue weighted by Gasteiger charge is 2.04. The average Bonchev–Trinajstić information content (AvgIpc) is 2.49. The summed E-state index contributed by atoms with van der Waals surface area (Å²) < 4.78 is 0. The molecule has 0 unspecified atom stereocenters. The summed E-state index contributed by atoms with van der Waals surface area (Å²) in [5, 5.41) is 1.50. The van der Waals surface area contributed by atoms with Crippen LogP contribution >= 0.6 is 22.9 Å². The van der Waals surface area contributed by atoms with E-state index in [1.54, 1.807) is 18.3 Å². The summed E-state index contributed by atoms with van der Waals surface area (Å²) in [6.45, 7) is 0. The van der Waals surface area contributed by atoms with Gasteiger partial charge in [-0.1, -0.05) is 11.6 Å². The van der Waals surface area contributed by atoms with Crippen LogP contribution in [0, 0.1) is 0 Å². The first-order chi connectivity index (χ1) is 5.81. The summed E-state index contributed by atoms with van der Waals surface area (Å²) in [4.78, 5) is 16.0. The molecule has 2 rings (SSSR count). The number of carbonyl (C=O) groups excluding carboxylic acids is 1. The zero-order valence-electron chi connectivity index (χ0n) is 5.95. The number of hydrogen-bond acceptors (Lipinski definition) is 3. The van der Waals surface area contributed by atoms with Crippen molar-refractivity contribution in [1.82, 2.24) is 4.98 Å². The second kappa shape index (κ2) is 2.84. The molecule has 4 heteroatoms. The number of hydrogen-bond donors (Lipinski definition) is 0. The van der Waals surface area contributed by atoms with Crippen LogP contribution in [-0.4, -0.2) is 11.3 Å². The molecular formula is C8H4ClNOS. The summed E-state index contributed by atoms with van der Waals surface area (Å²) in [6.07, 6.45) is 2.44. The Kier molecular flexibility index (Phi) is 1.83. The molecule has 2 aromatic rings. The van der Waals surface area contributed by atoms with Gasteiger partial charge in [-0.25, -0.2) is 4.98 Å². The van der Waals surface area contributed by atoms with Gasteiger partial charge in [-0.15, -0.1) is 11.3 Å². The Hall–Kier alpha value is -0.930. The van der Waals surface area contributed by atoms with Gasteiger partial charge in [-0.3, -0.25) is 4.79 Å². The Morgan fingerprint density at radius 1 is 1.58 bits per heavy atom. The molecule has 0 saturated carbocycles. The third-order valence-electron chi connectivity index (χ3n) is 1.52. The van der Waals surface area contributed by atoms with Gasteiger partial charge in [0.25, 0.3) is 0 Å². The van der Waals surface area contributed by atoms with E-state index in [-0.39, 0.29) is 0 Å². The smallest absolute Gasteiger partial charge is 0.160 e. The van der Waals surface area contributed by atoms with Crippen molar-refractivity contribution in [2.45, 2.75) is 0 Å². The normalized spacial score (nSPS) is 10.4. The predicted octanol–water partition coefficient (Wildman–Crippen LogP) is 2.76. The van der Waals surface area contributed by atoms with Crippen molar-refractivity contribution in [2.75, 3.05) is 0 Å². The fourth-order valence-electron chi connectivity index (χ4n) is 0.985. The van der Waals surface area contributed by atoms with Crippen LogP contribution in [0.5, 0.6) is 0 Å². The van der Waals surface area contributed by atoms with Crippen LogP contribution < -0.4 is 0 Å². The SMILES string of the molecule is O=Cc1cc2c(Cl)ccnc2s1. The van der Waals surface area contributed by atoms with Crippen molar-refractivity contribution < 1.29 is 4.79 Å². The van der Waals surface area contributed by atoms with Crippen molar-refractivity contribution in [1.29, 1.82) is 0 Å². The van der Waals surface area contributed by atoms with Crippen LogP contribution in [-0.2, 0) is 0 Å². The van der Waals surface area contributed by atoms with Crippen molar-refractivity contribution in [3.8, 4) is 0 Å². The molecule has 0 fully saturated rings. The standard InChI is InChI=1S/C8H4ClNOS/c9-7-1-2-10-8-6(7)3-5(4-11)12-8/h1-4H. The zero-order chi connectivity index (χ0) is 8.55. The summed E-state index contributed by atoms with van der Waals surface area (Å²) in [6, 6.07) is 3.47. The van der Waals surface area contributed by atoms with Crippen LogP contribution in [0.1, 0.15) is 9.67 Å². The van der Waals surface area contributed by atoms with Crippen LogP contribution in [0.25, 0.3) is 10.2 Å². The molecule has 0 saturated heterocycles. The van der Waals surface area contributed by atoms with Gasteiger partial charge >= 0.3 is 0 Å². The molecule has 60 valence electrons. The van der Waals surface area contributed by atoms with E-state index in [1.807, 2.05) is 0 Å². The molecule has 0 aliphatic rings. The highest BCUT2D eigenvalue weighted by molar-refractivity contribution is 7.20. The molecule has 0 aliphatic heterocycles. The largest absolute Gasteiger partial charge is 0.297 e. The maximum absolute atomic E-state index is 10.4. The van der Waals surface area contributed by atoms with E-state index in [1.165, 1.54) is 11.3 Å². The minimum Gasteiger partial charge on any atom is -0.297 e. The first-order valence-electron chi connectivity index (χ1n) is 3.30. The predicted molar refractivity (Wildman–Crippen MR) is 50.0 cm³/mol. The third kappa shape index (κ3) is 1.11. The lowest BCUT2D eigenvalue weighted by atomic mass is 10.3. The van der Waals surface area contributed by atoms with Gasteiger partial charge in [-0.05, 0) is 12.1 Å². The molecule has 2 heterocycles. The Balaban J connectivity index is 2.82. The van der Waals surface area contributed by atoms with E-state index >= 15 is 0 Å². The molecule has 0 spiro atoms. The number of aromatic nitrogens is 1. The van der Waals surface area contributed by atoms with Gasteiger partial charge < -0.3 is 0 Å². The molecule has 0 aromatic carbocycles. The number of halogens is 1. The summed E-state index contributed by atoms with van der Waals surface area (Å²) in [7, 11) is 0. The minimum absolute atomic E-state index is 0.643. The lowest BCUT2D eigenvalue weighted by molar-refractivity contribution is 0.112. The van der Waals surface area contributed by atoms with Crippen LogP contribution in [0.4, 0.5) is 0 Å². The molecule has 2 nitrogen and oxygen atoms in total. The van der Waals surface area contributed by atoms with E-state index in [9.17, 15) is 4.79 Å². The fraction of sp³-hybridized carbons (Fsp3) is 0. The number of nitrogens with zero attached hydrogens (tertiary/aromatic N) is 1. The van der Waals surface area contributed by atoms with Crippen molar-refractivity contribution in [3.05, 3.63) is 28.2 Å². The van der Waals surface area contributed by atoms with Gasteiger partial charge in [-0.2, -0.15) is 0 Å². The maximum Gasteiger partial charge on any atom is 0.160 e. The van der Waals surface area contributed by atoms with E-state index < -0.39 is 0 Å². The highest BCUT2D eigenvalue weighted by Crippen LogP contribution is 2.27. The summed E-state index contributed by atoms with van der Waals surface area (Å²) >= 11 is 7.23. The van der Waals surface area contributed by atoms with Gasteiger partial charge in [0.05, 0.1) is 9.90 Å². The number of aldehydes is 1. The van der Waals surface area contributed by atoms with E-state index in [0.717, 1.165) is 16.5 Å². The van der Waals surface area contributed by atoms with Crippen LogP contribution in [0.15, 0.2) is 18.3 Å². The van der Waals surface area contributed by atoms with Crippen LogP contribution in [0.2, 0.25) is 5.02 Å². The second-order valence-corrected chi connectivity index (χ2v) is 3.75. The molecule has 0 atom stereocenters. The lowest BCUT2D eigenvalue weighted by Gasteiger charge is -1.88. The summed E-state index contributed by atoms with van der Waals surface area (Å²) in [5.74, 6) is 0. The summed E-state index contributed by atoms with van der Waals surface area (Å²) in [5.41, 5.74) is 0. The second-order valence-electron chi connectivity index (χ2n) is 2.28. The number of pyridine rings is 1. The fourth-order valence-corrected chi connectivity index (χ4v) is 2.08. The van der Waals surface area contributed by atoms with Gasteiger partial charge in [0.15, 0.2) is 6.29 Å². The Morgan fingerprint density at radius 3 is 3.08 bits per heavy atom.